The first-order chi connectivity index (χ1) is 10.1. The van der Waals surface area contributed by atoms with Gasteiger partial charge >= 0.3 is 12.1 Å². The number of rotatable bonds is 4. The first-order valence-electron chi connectivity index (χ1n) is 6.83. The highest BCUT2D eigenvalue weighted by Crippen LogP contribution is 2.29. The molecule has 0 aliphatic heterocycles. The molecule has 1 amide bonds. The summed E-state index contributed by atoms with van der Waals surface area (Å²) in [7, 11) is 2.86. The quantitative estimate of drug-likeness (QED) is 0.732. The zero-order valence-corrected chi connectivity index (χ0v) is 16.1. The van der Waals surface area contributed by atoms with Gasteiger partial charge in [0.25, 0.3) is 0 Å². The fraction of sp³-hybridized carbons (Fsp3) is 0.600. The summed E-state index contributed by atoms with van der Waals surface area (Å²) in [5, 5.41) is 2.00. The summed E-state index contributed by atoms with van der Waals surface area (Å²) >= 11 is 5.04. The molecule has 0 N–H and O–H groups in total. The molecule has 0 aliphatic rings. The van der Waals surface area contributed by atoms with Crippen LogP contribution in [0.3, 0.4) is 0 Å². The van der Waals surface area contributed by atoms with E-state index in [9.17, 15) is 9.59 Å². The number of carbonyl (C=O) groups is 2. The number of esters is 1. The highest BCUT2D eigenvalue weighted by Gasteiger charge is 2.32. The zero-order valence-electron chi connectivity index (χ0n) is 13.7. The van der Waals surface area contributed by atoms with E-state index in [2.05, 4.69) is 15.9 Å². The Bertz CT molecular complexity index is 531. The molecule has 1 unspecified atom stereocenters. The summed E-state index contributed by atoms with van der Waals surface area (Å²) in [6.07, 6.45) is -0.176. The van der Waals surface area contributed by atoms with Gasteiger partial charge in [0.15, 0.2) is 0 Å². The number of hydrogen-bond donors (Lipinski definition) is 0. The van der Waals surface area contributed by atoms with E-state index in [-0.39, 0.29) is 0 Å². The second kappa shape index (κ2) is 7.46. The van der Waals surface area contributed by atoms with Crippen molar-refractivity contribution in [3.63, 3.8) is 0 Å². The maximum absolute atomic E-state index is 12.2. The van der Waals surface area contributed by atoms with Crippen LogP contribution in [0.15, 0.2) is 9.17 Å². The van der Waals surface area contributed by atoms with Crippen LogP contribution < -0.4 is 0 Å². The Balaban J connectivity index is 2.98. The number of likely N-dealkylation sites (N-methyl/N-ethyl adjacent to an activating group) is 1. The summed E-state index contributed by atoms with van der Waals surface area (Å²) in [5.41, 5.74) is 1.45. The van der Waals surface area contributed by atoms with Crippen LogP contribution in [0.5, 0.6) is 0 Å². The fourth-order valence-electron chi connectivity index (χ4n) is 1.85. The van der Waals surface area contributed by atoms with Gasteiger partial charge in [0.1, 0.15) is 11.6 Å². The van der Waals surface area contributed by atoms with Gasteiger partial charge in [-0.2, -0.15) is 0 Å². The van der Waals surface area contributed by atoms with Gasteiger partial charge in [-0.05, 0) is 60.1 Å². The van der Waals surface area contributed by atoms with Crippen molar-refractivity contribution in [1.29, 1.82) is 0 Å². The Morgan fingerprint density at radius 3 is 2.41 bits per heavy atom. The third kappa shape index (κ3) is 4.98. The monoisotopic (exact) mass is 391 g/mol. The Labute approximate surface area is 143 Å². The van der Waals surface area contributed by atoms with Crippen molar-refractivity contribution in [2.24, 2.45) is 0 Å². The first-order valence-corrected chi connectivity index (χ1v) is 8.50. The van der Waals surface area contributed by atoms with Gasteiger partial charge in [0.05, 0.1) is 10.9 Å². The molecule has 0 bridgehead atoms. The third-order valence-corrected chi connectivity index (χ3v) is 5.04. The average Bonchev–Trinajstić information content (AvgIpc) is 2.72. The number of thiophene rings is 1. The molecule has 22 heavy (non-hydrogen) atoms. The molecule has 7 heteroatoms. The van der Waals surface area contributed by atoms with Crippen LogP contribution in [-0.4, -0.2) is 42.8 Å². The lowest BCUT2D eigenvalue weighted by Gasteiger charge is -2.29. The molecule has 1 rings (SSSR count). The predicted molar refractivity (Wildman–Crippen MR) is 90.3 cm³/mol. The van der Waals surface area contributed by atoms with E-state index in [0.717, 1.165) is 14.9 Å². The van der Waals surface area contributed by atoms with Gasteiger partial charge in [-0.1, -0.05) is 0 Å². The van der Waals surface area contributed by atoms with E-state index in [0.29, 0.717) is 6.42 Å². The molecular weight excluding hydrogens is 370 g/mol. The second-order valence-corrected chi connectivity index (χ2v) is 8.20. The number of nitrogens with zero attached hydrogens (tertiary/aromatic N) is 1. The summed E-state index contributed by atoms with van der Waals surface area (Å²) in [6.45, 7) is 7.32. The molecule has 0 saturated heterocycles. The molecule has 0 aliphatic carbocycles. The fourth-order valence-corrected chi connectivity index (χ4v) is 3.41. The predicted octanol–water partition coefficient (Wildman–Crippen LogP) is 3.77. The van der Waals surface area contributed by atoms with Crippen molar-refractivity contribution in [3.8, 4) is 0 Å². The minimum Gasteiger partial charge on any atom is -0.467 e. The Morgan fingerprint density at radius 1 is 1.41 bits per heavy atom. The molecule has 1 heterocycles. The zero-order chi connectivity index (χ0) is 17.1. The normalized spacial score (nSPS) is 12.7. The maximum atomic E-state index is 12.2. The van der Waals surface area contributed by atoms with E-state index in [1.807, 2.05) is 12.3 Å². The molecule has 1 atom stereocenters. The third-order valence-electron chi connectivity index (χ3n) is 3.07. The maximum Gasteiger partial charge on any atom is 0.410 e. The number of ether oxygens (including phenoxy) is 2. The number of hydrogen-bond acceptors (Lipinski definition) is 5. The summed E-state index contributed by atoms with van der Waals surface area (Å²) in [4.78, 5) is 25.6. The van der Waals surface area contributed by atoms with Crippen LogP contribution in [0, 0.1) is 6.92 Å². The first kappa shape index (κ1) is 19.0. The smallest absolute Gasteiger partial charge is 0.410 e. The van der Waals surface area contributed by atoms with Crippen molar-refractivity contribution >= 4 is 39.3 Å². The molecule has 1 aromatic rings. The number of aryl methyl sites for hydroxylation is 1. The van der Waals surface area contributed by atoms with Crippen molar-refractivity contribution in [1.82, 2.24) is 4.90 Å². The van der Waals surface area contributed by atoms with E-state index < -0.39 is 23.7 Å². The van der Waals surface area contributed by atoms with Gasteiger partial charge < -0.3 is 9.47 Å². The molecule has 1 aromatic heterocycles. The molecule has 5 nitrogen and oxygen atoms in total. The molecule has 0 fully saturated rings. The number of amides is 1. The summed E-state index contributed by atoms with van der Waals surface area (Å²) in [5.74, 6) is -0.467. The number of halogens is 1. The molecule has 0 aromatic carbocycles. The van der Waals surface area contributed by atoms with Gasteiger partial charge in [-0.15, -0.1) is 11.3 Å². The van der Waals surface area contributed by atoms with Crippen molar-refractivity contribution in [2.45, 2.75) is 45.8 Å². The Kier molecular flexibility index (Phi) is 6.43. The minimum absolute atomic E-state index is 0.373. The summed E-state index contributed by atoms with van der Waals surface area (Å²) in [6, 6.07) is -0.732. The highest BCUT2D eigenvalue weighted by molar-refractivity contribution is 9.11. The summed E-state index contributed by atoms with van der Waals surface area (Å²) < 4.78 is 11.1. The number of methoxy groups -OCH3 is 1. The van der Waals surface area contributed by atoms with Crippen LogP contribution >= 0.6 is 27.3 Å². The van der Waals surface area contributed by atoms with E-state index in [4.69, 9.17) is 9.47 Å². The largest absolute Gasteiger partial charge is 0.467 e. The van der Waals surface area contributed by atoms with Crippen molar-refractivity contribution < 1.29 is 19.1 Å². The standard InChI is InChI=1S/C15H22BrNO4S/c1-9-8-22-12(16)10(9)7-11(13(18)20-6)17(5)14(19)21-15(2,3)4/h8,11H,7H2,1-6H3. The topological polar surface area (TPSA) is 55.8 Å². The average molecular weight is 392 g/mol. The molecule has 124 valence electrons. The highest BCUT2D eigenvalue weighted by atomic mass is 79.9. The Hall–Kier alpha value is -1.08. The lowest BCUT2D eigenvalue weighted by atomic mass is 10.0. The van der Waals surface area contributed by atoms with Crippen LogP contribution in [0.1, 0.15) is 31.9 Å². The second-order valence-electron chi connectivity index (χ2n) is 6.01. The van der Waals surface area contributed by atoms with E-state index in [1.54, 1.807) is 39.2 Å². The minimum atomic E-state index is -0.732. The molecule has 0 spiro atoms. The van der Waals surface area contributed by atoms with Crippen molar-refractivity contribution in [3.05, 3.63) is 20.3 Å². The molecular formula is C15H22BrNO4S. The Morgan fingerprint density at radius 2 is 2.00 bits per heavy atom. The van der Waals surface area contributed by atoms with Gasteiger partial charge in [-0.25, -0.2) is 9.59 Å². The van der Waals surface area contributed by atoms with Crippen molar-refractivity contribution in [2.75, 3.05) is 14.2 Å². The van der Waals surface area contributed by atoms with Crippen LogP contribution in [0.2, 0.25) is 0 Å². The molecule has 0 saturated carbocycles. The van der Waals surface area contributed by atoms with E-state index in [1.165, 1.54) is 12.0 Å². The van der Waals surface area contributed by atoms with Gasteiger partial charge in [-0.3, -0.25) is 4.90 Å². The van der Waals surface area contributed by atoms with Crippen LogP contribution in [0.25, 0.3) is 0 Å². The van der Waals surface area contributed by atoms with Crippen LogP contribution in [-0.2, 0) is 20.7 Å². The van der Waals surface area contributed by atoms with Crippen LogP contribution in [0.4, 0.5) is 4.79 Å². The van der Waals surface area contributed by atoms with Gasteiger partial charge in [0.2, 0.25) is 0 Å². The lowest BCUT2D eigenvalue weighted by molar-refractivity contribution is -0.146. The van der Waals surface area contributed by atoms with Gasteiger partial charge in [0, 0.05) is 13.5 Å². The molecule has 0 radical (unpaired) electrons. The number of carbonyl (C=O) groups excluding carboxylic acids is 2. The SMILES string of the molecule is COC(=O)C(Cc1c(C)csc1Br)N(C)C(=O)OC(C)(C)C. The van der Waals surface area contributed by atoms with E-state index >= 15 is 0 Å². The lowest BCUT2D eigenvalue weighted by Crippen LogP contribution is -2.46.